The van der Waals surface area contributed by atoms with Crippen molar-refractivity contribution in [3.05, 3.63) is 59.2 Å². The first-order chi connectivity index (χ1) is 15.6. The third-order valence-electron chi connectivity index (χ3n) is 5.85. The Bertz CT molecular complexity index is 1000. The lowest BCUT2D eigenvalue weighted by Crippen LogP contribution is -2.48. The normalized spacial score (nSPS) is 16.2. The van der Waals surface area contributed by atoms with E-state index in [4.69, 9.17) is 14.7 Å². The number of fused-ring (bicyclic) bond motifs is 1. The Morgan fingerprint density at radius 1 is 0.906 bits per heavy atom. The molecule has 0 N–H and O–H groups in total. The van der Waals surface area contributed by atoms with Crippen molar-refractivity contribution in [1.82, 2.24) is 9.80 Å². The molecule has 0 bridgehead atoms. The van der Waals surface area contributed by atoms with Crippen molar-refractivity contribution in [1.29, 1.82) is 5.26 Å². The summed E-state index contributed by atoms with van der Waals surface area (Å²) in [5, 5.41) is 8.90. The number of nitriles is 1. The summed E-state index contributed by atoms with van der Waals surface area (Å²) in [6.07, 6.45) is 1.21. The van der Waals surface area contributed by atoms with Gasteiger partial charge in [-0.1, -0.05) is 12.1 Å². The predicted molar refractivity (Wildman–Crippen MR) is 119 cm³/mol. The summed E-state index contributed by atoms with van der Waals surface area (Å²) in [6.45, 7) is 4.89. The number of carbonyl (C=O) groups excluding carboxylic acids is 2. The molecule has 2 aliphatic rings. The minimum absolute atomic E-state index is 0.0192. The second-order valence-electron chi connectivity index (χ2n) is 8.10. The standard InChI is InChI=1S/C25H27N3O4/c26-17-19-2-4-20(5-3-19)18-27-10-12-28(13-11-27)25(30)9-7-22(29)21-6-8-23-24(16-21)32-15-1-14-31-23/h2-6,8,16H,1,7,9-15,18H2. The fourth-order valence-corrected chi connectivity index (χ4v) is 3.96. The van der Waals surface area contributed by atoms with E-state index in [1.54, 1.807) is 18.2 Å². The van der Waals surface area contributed by atoms with E-state index < -0.39 is 0 Å². The van der Waals surface area contributed by atoms with Gasteiger partial charge in [0.25, 0.3) is 0 Å². The molecule has 0 aromatic heterocycles. The molecule has 1 amide bonds. The molecule has 7 nitrogen and oxygen atoms in total. The van der Waals surface area contributed by atoms with E-state index in [-0.39, 0.29) is 24.5 Å². The number of ketones is 1. The number of ether oxygens (including phenoxy) is 2. The highest BCUT2D eigenvalue weighted by Crippen LogP contribution is 2.30. The number of piperazine rings is 1. The van der Waals surface area contributed by atoms with Crippen LogP contribution in [0.1, 0.15) is 40.7 Å². The van der Waals surface area contributed by atoms with Crippen LogP contribution < -0.4 is 9.47 Å². The van der Waals surface area contributed by atoms with Gasteiger partial charge in [-0.3, -0.25) is 14.5 Å². The Morgan fingerprint density at radius 3 is 2.34 bits per heavy atom. The summed E-state index contributed by atoms with van der Waals surface area (Å²) in [5.74, 6) is 1.21. The number of rotatable bonds is 6. The van der Waals surface area contributed by atoms with Crippen molar-refractivity contribution in [2.45, 2.75) is 25.8 Å². The Balaban J connectivity index is 1.23. The van der Waals surface area contributed by atoms with Crippen molar-refractivity contribution in [2.75, 3.05) is 39.4 Å². The van der Waals surface area contributed by atoms with Gasteiger partial charge in [0, 0.05) is 57.5 Å². The third kappa shape index (κ3) is 5.45. The van der Waals surface area contributed by atoms with E-state index in [0.717, 1.165) is 31.6 Å². The maximum Gasteiger partial charge on any atom is 0.223 e. The molecule has 0 radical (unpaired) electrons. The lowest BCUT2D eigenvalue weighted by atomic mass is 10.1. The summed E-state index contributed by atoms with van der Waals surface area (Å²) in [5.41, 5.74) is 2.37. The summed E-state index contributed by atoms with van der Waals surface area (Å²) in [7, 11) is 0. The van der Waals surface area contributed by atoms with Crippen LogP contribution in [-0.4, -0.2) is 60.9 Å². The average molecular weight is 434 g/mol. The molecule has 0 aliphatic carbocycles. The van der Waals surface area contributed by atoms with Crippen LogP contribution in [0.4, 0.5) is 0 Å². The molecule has 2 aliphatic heterocycles. The molecule has 2 aromatic rings. The third-order valence-corrected chi connectivity index (χ3v) is 5.85. The van der Waals surface area contributed by atoms with E-state index in [9.17, 15) is 9.59 Å². The van der Waals surface area contributed by atoms with Gasteiger partial charge in [-0.15, -0.1) is 0 Å². The molecule has 0 atom stereocenters. The van der Waals surface area contributed by atoms with Crippen LogP contribution in [0.5, 0.6) is 11.5 Å². The van der Waals surface area contributed by atoms with Crippen LogP contribution in [0.15, 0.2) is 42.5 Å². The number of carbonyl (C=O) groups is 2. The molecule has 0 spiro atoms. The topological polar surface area (TPSA) is 82.9 Å². The van der Waals surface area contributed by atoms with E-state index >= 15 is 0 Å². The van der Waals surface area contributed by atoms with Gasteiger partial charge in [0.15, 0.2) is 17.3 Å². The van der Waals surface area contributed by atoms with Crippen molar-refractivity contribution in [3.8, 4) is 17.6 Å². The van der Waals surface area contributed by atoms with Crippen LogP contribution in [0.2, 0.25) is 0 Å². The van der Waals surface area contributed by atoms with Crippen molar-refractivity contribution >= 4 is 11.7 Å². The Labute approximate surface area is 188 Å². The number of Topliss-reactive ketones (excluding diaryl/α,β-unsaturated/α-hetero) is 1. The molecule has 4 rings (SSSR count). The van der Waals surface area contributed by atoms with Gasteiger partial charge < -0.3 is 14.4 Å². The van der Waals surface area contributed by atoms with E-state index in [0.29, 0.717) is 48.9 Å². The highest BCUT2D eigenvalue weighted by molar-refractivity contribution is 5.98. The zero-order valence-electron chi connectivity index (χ0n) is 18.1. The molecule has 1 fully saturated rings. The van der Waals surface area contributed by atoms with Gasteiger partial charge in [-0.05, 0) is 35.9 Å². The molecule has 2 heterocycles. The first-order valence-electron chi connectivity index (χ1n) is 11.0. The summed E-state index contributed by atoms with van der Waals surface area (Å²) in [4.78, 5) is 29.4. The highest BCUT2D eigenvalue weighted by atomic mass is 16.5. The first-order valence-corrected chi connectivity index (χ1v) is 11.0. The number of hydrogen-bond acceptors (Lipinski definition) is 6. The molecular weight excluding hydrogens is 406 g/mol. The quantitative estimate of drug-likeness (QED) is 0.652. The molecule has 7 heteroatoms. The zero-order chi connectivity index (χ0) is 22.3. The molecule has 32 heavy (non-hydrogen) atoms. The van der Waals surface area contributed by atoms with Crippen molar-refractivity contribution in [2.24, 2.45) is 0 Å². The lowest BCUT2D eigenvalue weighted by Gasteiger charge is -2.34. The Morgan fingerprint density at radius 2 is 1.62 bits per heavy atom. The van der Waals surface area contributed by atoms with Gasteiger partial charge in [0.1, 0.15) is 0 Å². The average Bonchev–Trinajstić information content (AvgIpc) is 3.08. The van der Waals surface area contributed by atoms with Crippen molar-refractivity contribution < 1.29 is 19.1 Å². The van der Waals surface area contributed by atoms with E-state index in [1.807, 2.05) is 29.2 Å². The van der Waals surface area contributed by atoms with Crippen LogP contribution in [0, 0.1) is 11.3 Å². The molecule has 1 saturated heterocycles. The van der Waals surface area contributed by atoms with Crippen LogP contribution in [-0.2, 0) is 11.3 Å². The van der Waals surface area contributed by atoms with Crippen molar-refractivity contribution in [3.63, 3.8) is 0 Å². The minimum Gasteiger partial charge on any atom is -0.490 e. The smallest absolute Gasteiger partial charge is 0.223 e. The van der Waals surface area contributed by atoms with Crippen LogP contribution in [0.25, 0.3) is 0 Å². The number of benzene rings is 2. The first kappa shape index (κ1) is 21.8. The number of amides is 1. The second kappa shape index (κ2) is 10.3. The Hall–Kier alpha value is -3.37. The maximum absolute atomic E-state index is 12.6. The highest BCUT2D eigenvalue weighted by Gasteiger charge is 2.22. The van der Waals surface area contributed by atoms with Crippen LogP contribution >= 0.6 is 0 Å². The number of nitrogens with zero attached hydrogens (tertiary/aromatic N) is 3. The Kier molecular flexibility index (Phi) is 7.03. The summed E-state index contributed by atoms with van der Waals surface area (Å²) >= 11 is 0. The SMILES string of the molecule is N#Cc1ccc(CN2CCN(C(=O)CCC(=O)c3ccc4c(c3)OCCCO4)CC2)cc1. The molecule has 166 valence electrons. The summed E-state index contributed by atoms with van der Waals surface area (Å²) in [6, 6.07) is 15.0. The molecule has 0 unspecified atom stereocenters. The zero-order valence-corrected chi connectivity index (χ0v) is 18.1. The van der Waals surface area contributed by atoms with E-state index in [2.05, 4.69) is 11.0 Å². The predicted octanol–water partition coefficient (Wildman–Crippen LogP) is 3.03. The monoisotopic (exact) mass is 433 g/mol. The fourth-order valence-electron chi connectivity index (χ4n) is 3.96. The van der Waals surface area contributed by atoms with Gasteiger partial charge in [-0.25, -0.2) is 0 Å². The molecular formula is C25H27N3O4. The maximum atomic E-state index is 12.6. The van der Waals surface area contributed by atoms with Crippen LogP contribution in [0.3, 0.4) is 0 Å². The van der Waals surface area contributed by atoms with Gasteiger partial charge in [0.05, 0.1) is 24.8 Å². The largest absolute Gasteiger partial charge is 0.490 e. The van der Waals surface area contributed by atoms with Gasteiger partial charge >= 0.3 is 0 Å². The minimum atomic E-state index is -0.0616. The number of hydrogen-bond donors (Lipinski definition) is 0. The molecule has 0 saturated carbocycles. The lowest BCUT2D eigenvalue weighted by molar-refractivity contribution is -0.132. The molecule has 2 aromatic carbocycles. The van der Waals surface area contributed by atoms with Gasteiger partial charge in [-0.2, -0.15) is 5.26 Å². The second-order valence-corrected chi connectivity index (χ2v) is 8.10. The van der Waals surface area contributed by atoms with Gasteiger partial charge in [0.2, 0.25) is 5.91 Å². The fraction of sp³-hybridized carbons (Fsp3) is 0.400. The van der Waals surface area contributed by atoms with E-state index in [1.165, 1.54) is 0 Å². The summed E-state index contributed by atoms with van der Waals surface area (Å²) < 4.78 is 11.3.